The molecule has 1 aliphatic rings. The van der Waals surface area contributed by atoms with Gasteiger partial charge in [-0.05, 0) is 12.0 Å². The van der Waals surface area contributed by atoms with Crippen molar-refractivity contribution in [3.8, 4) is 0 Å². The van der Waals surface area contributed by atoms with E-state index in [1.54, 1.807) is 6.33 Å². The Hall–Kier alpha value is -1.75. The van der Waals surface area contributed by atoms with E-state index >= 15 is 0 Å². The van der Waals surface area contributed by atoms with Crippen LogP contribution in [0.25, 0.3) is 0 Å². The predicted molar refractivity (Wildman–Crippen MR) is 94.3 cm³/mol. The van der Waals surface area contributed by atoms with Gasteiger partial charge in [-0.15, -0.1) is 0 Å². The van der Waals surface area contributed by atoms with Crippen LogP contribution in [0.5, 0.6) is 0 Å². The molecule has 0 N–H and O–H groups in total. The molecule has 2 unspecified atom stereocenters. The van der Waals surface area contributed by atoms with Crippen molar-refractivity contribution < 1.29 is 4.79 Å². The summed E-state index contributed by atoms with van der Waals surface area (Å²) in [6.07, 6.45) is 4.91. The first-order valence-corrected chi connectivity index (χ1v) is 9.13. The van der Waals surface area contributed by atoms with Crippen LogP contribution in [0.15, 0.2) is 42.9 Å². The summed E-state index contributed by atoms with van der Waals surface area (Å²) in [5, 5.41) is 0.423. The number of carbonyl (C=O) groups is 1. The highest BCUT2D eigenvalue weighted by molar-refractivity contribution is 8.00. The van der Waals surface area contributed by atoms with Crippen LogP contribution < -0.4 is 0 Å². The van der Waals surface area contributed by atoms with Gasteiger partial charge in [-0.25, -0.2) is 4.98 Å². The third-order valence-electron chi connectivity index (χ3n) is 4.47. The minimum atomic E-state index is 0.175. The second kappa shape index (κ2) is 7.21. The normalized spacial score (nSPS) is 21.4. The molecule has 122 valence electrons. The van der Waals surface area contributed by atoms with Crippen molar-refractivity contribution in [2.75, 3.05) is 12.3 Å². The number of aromatic nitrogens is 2. The average molecular weight is 329 g/mol. The van der Waals surface area contributed by atoms with Gasteiger partial charge >= 0.3 is 0 Å². The number of imidazole rings is 1. The van der Waals surface area contributed by atoms with Crippen molar-refractivity contribution in [2.45, 2.75) is 31.1 Å². The van der Waals surface area contributed by atoms with E-state index in [1.165, 1.54) is 5.56 Å². The number of hydrogen-bond acceptors (Lipinski definition) is 3. The van der Waals surface area contributed by atoms with E-state index in [0.717, 1.165) is 24.4 Å². The molecule has 0 radical (unpaired) electrons. The maximum Gasteiger partial charge on any atom is 0.223 e. The zero-order valence-corrected chi connectivity index (χ0v) is 14.5. The highest BCUT2D eigenvalue weighted by Crippen LogP contribution is 2.36. The van der Waals surface area contributed by atoms with Gasteiger partial charge in [0.15, 0.2) is 0 Å². The van der Waals surface area contributed by atoms with Gasteiger partial charge in [0.05, 0.1) is 12.4 Å². The van der Waals surface area contributed by atoms with Crippen molar-refractivity contribution in [1.82, 2.24) is 14.5 Å². The van der Waals surface area contributed by atoms with Crippen molar-refractivity contribution >= 4 is 17.7 Å². The molecule has 1 fully saturated rings. The number of benzene rings is 1. The van der Waals surface area contributed by atoms with Crippen LogP contribution >= 0.6 is 11.8 Å². The maximum absolute atomic E-state index is 12.8. The van der Waals surface area contributed by atoms with Gasteiger partial charge in [0.25, 0.3) is 0 Å². The van der Waals surface area contributed by atoms with Gasteiger partial charge in [-0.2, -0.15) is 11.8 Å². The number of carbonyl (C=O) groups excluding carboxylic acids is 1. The van der Waals surface area contributed by atoms with E-state index in [0.29, 0.717) is 11.7 Å². The Bertz CT molecular complexity index is 655. The molecule has 1 aromatic carbocycles. The summed E-state index contributed by atoms with van der Waals surface area (Å²) >= 11 is 1.95. The van der Waals surface area contributed by atoms with Crippen LogP contribution in [0, 0.1) is 0 Å². The molecule has 5 heteroatoms. The summed E-state index contributed by atoms with van der Waals surface area (Å²) < 4.78 is 1.98. The van der Waals surface area contributed by atoms with Gasteiger partial charge in [-0.3, -0.25) is 4.79 Å². The molecule has 2 heterocycles. The second-order valence-corrected chi connectivity index (χ2v) is 7.50. The van der Waals surface area contributed by atoms with Gasteiger partial charge in [0.1, 0.15) is 0 Å². The Morgan fingerprint density at radius 1 is 1.35 bits per heavy atom. The van der Waals surface area contributed by atoms with Crippen LogP contribution in [-0.4, -0.2) is 37.9 Å². The van der Waals surface area contributed by atoms with E-state index in [2.05, 4.69) is 41.1 Å². The van der Waals surface area contributed by atoms with E-state index in [9.17, 15) is 4.79 Å². The first-order chi connectivity index (χ1) is 11.2. The van der Waals surface area contributed by atoms with Crippen molar-refractivity contribution in [3.05, 3.63) is 54.1 Å². The topological polar surface area (TPSA) is 38.1 Å². The van der Waals surface area contributed by atoms with E-state index < -0.39 is 0 Å². The largest absolute Gasteiger partial charge is 0.338 e. The number of amides is 1. The van der Waals surface area contributed by atoms with E-state index in [4.69, 9.17) is 0 Å². The average Bonchev–Trinajstić information content (AvgIpc) is 2.98. The van der Waals surface area contributed by atoms with Crippen LogP contribution in [0.3, 0.4) is 0 Å². The zero-order chi connectivity index (χ0) is 16.2. The molecule has 23 heavy (non-hydrogen) atoms. The number of nitrogens with zero attached hydrogens (tertiary/aromatic N) is 3. The van der Waals surface area contributed by atoms with Gasteiger partial charge in [0, 0.05) is 42.9 Å². The molecule has 1 aliphatic heterocycles. The summed E-state index contributed by atoms with van der Waals surface area (Å²) in [5.41, 5.74) is 2.34. The lowest BCUT2D eigenvalue weighted by Crippen LogP contribution is -2.44. The number of rotatable bonds is 4. The van der Waals surface area contributed by atoms with Crippen molar-refractivity contribution in [1.29, 1.82) is 0 Å². The minimum Gasteiger partial charge on any atom is -0.338 e. The molecule has 0 bridgehead atoms. The fourth-order valence-corrected chi connectivity index (χ4v) is 4.37. The van der Waals surface area contributed by atoms with Crippen LogP contribution in [0.4, 0.5) is 0 Å². The second-order valence-electron chi connectivity index (χ2n) is 6.01. The molecule has 1 saturated heterocycles. The first-order valence-electron chi connectivity index (χ1n) is 8.08. The van der Waals surface area contributed by atoms with Crippen molar-refractivity contribution in [3.63, 3.8) is 0 Å². The Morgan fingerprint density at radius 3 is 2.83 bits per heavy atom. The third-order valence-corrected chi connectivity index (χ3v) is 5.67. The quantitative estimate of drug-likeness (QED) is 0.865. The summed E-state index contributed by atoms with van der Waals surface area (Å²) in [6.45, 7) is 3.06. The van der Waals surface area contributed by atoms with Crippen LogP contribution in [-0.2, 0) is 18.3 Å². The van der Waals surface area contributed by atoms with Crippen LogP contribution in [0.1, 0.15) is 30.6 Å². The molecule has 0 spiro atoms. The minimum absolute atomic E-state index is 0.175. The molecule has 1 aromatic heterocycles. The Kier molecular flexibility index (Phi) is 5.06. The maximum atomic E-state index is 12.8. The zero-order valence-electron chi connectivity index (χ0n) is 13.7. The molecule has 0 saturated carbocycles. The van der Waals surface area contributed by atoms with Crippen LogP contribution in [0.2, 0.25) is 0 Å². The lowest BCUT2D eigenvalue weighted by Gasteiger charge is -2.40. The molecule has 2 atom stereocenters. The molecular formula is C18H23N3OS. The predicted octanol–water partition coefficient (Wildman–Crippen LogP) is 3.06. The number of thioether (sulfide) groups is 1. The monoisotopic (exact) mass is 329 g/mol. The standard InChI is InChI=1S/C18H23N3OS/c1-14-18(15-6-4-3-5-7-15)21(10-11-23-14)17(22)9-8-16-12-19-13-20(16)2/h3-7,12-14,18H,8-11H2,1-2H3. The highest BCUT2D eigenvalue weighted by Gasteiger charge is 2.33. The molecule has 0 aliphatic carbocycles. The third kappa shape index (κ3) is 3.61. The fourth-order valence-electron chi connectivity index (χ4n) is 3.21. The molecule has 3 rings (SSSR count). The van der Waals surface area contributed by atoms with Gasteiger partial charge in [0.2, 0.25) is 5.91 Å². The summed E-state index contributed by atoms with van der Waals surface area (Å²) in [7, 11) is 1.97. The van der Waals surface area contributed by atoms with Gasteiger partial charge < -0.3 is 9.47 Å². The van der Waals surface area contributed by atoms with E-state index in [1.807, 2.05) is 35.6 Å². The first kappa shape index (κ1) is 16.1. The fraction of sp³-hybridized carbons (Fsp3) is 0.444. The summed E-state index contributed by atoms with van der Waals surface area (Å²) in [6, 6.07) is 10.6. The van der Waals surface area contributed by atoms with E-state index in [-0.39, 0.29) is 11.9 Å². The lowest BCUT2D eigenvalue weighted by atomic mass is 10.0. The summed E-state index contributed by atoms with van der Waals surface area (Å²) in [4.78, 5) is 19.0. The molecular weight excluding hydrogens is 306 g/mol. The SMILES string of the molecule is CC1SCCN(C(=O)CCc2cncn2C)C1c1ccccc1. The smallest absolute Gasteiger partial charge is 0.223 e. The molecule has 1 amide bonds. The summed E-state index contributed by atoms with van der Waals surface area (Å²) in [5.74, 6) is 1.26. The van der Waals surface area contributed by atoms with Crippen molar-refractivity contribution in [2.24, 2.45) is 7.05 Å². The Balaban J connectivity index is 1.73. The molecule has 4 nitrogen and oxygen atoms in total. The molecule has 2 aromatic rings. The number of hydrogen-bond donors (Lipinski definition) is 0. The number of aryl methyl sites for hydroxylation is 2. The lowest BCUT2D eigenvalue weighted by molar-refractivity contribution is -0.133. The Labute approximate surface area is 141 Å². The highest BCUT2D eigenvalue weighted by atomic mass is 32.2. The Morgan fingerprint density at radius 2 is 2.13 bits per heavy atom. The van der Waals surface area contributed by atoms with Gasteiger partial charge in [-0.1, -0.05) is 37.3 Å².